The minimum absolute atomic E-state index is 0.0860. The number of thioether (sulfide) groups is 1. The predicted octanol–water partition coefficient (Wildman–Crippen LogP) is 3.26. The van der Waals surface area contributed by atoms with E-state index in [0.717, 1.165) is 28.6 Å². The number of carbonyl (C=O) groups is 1. The van der Waals surface area contributed by atoms with E-state index in [-0.39, 0.29) is 11.2 Å². The topological polar surface area (TPSA) is 68.0 Å². The smallest absolute Gasteiger partial charge is 0.239 e. The Morgan fingerprint density at radius 3 is 3.00 bits per heavy atom. The Morgan fingerprint density at radius 1 is 1.60 bits per heavy atom. The molecule has 1 amide bonds. The van der Waals surface area contributed by atoms with Crippen molar-refractivity contribution in [2.24, 2.45) is 0 Å². The van der Waals surface area contributed by atoms with Gasteiger partial charge in [-0.05, 0) is 20.3 Å². The molecule has 2 rings (SSSR count). The highest BCUT2D eigenvalue weighted by molar-refractivity contribution is 7.99. The Bertz CT molecular complexity index is 580. The first-order valence-corrected chi connectivity index (χ1v) is 8.30. The largest absolute Gasteiger partial charge is 0.338 e. The first-order valence-electron chi connectivity index (χ1n) is 6.37. The third-order valence-electron chi connectivity index (χ3n) is 2.63. The lowest BCUT2D eigenvalue weighted by atomic mass is 10.4. The molecule has 1 N–H and O–H groups in total. The Kier molecular flexibility index (Phi) is 5.19. The second-order valence-electron chi connectivity index (χ2n) is 4.36. The zero-order valence-corrected chi connectivity index (χ0v) is 13.3. The summed E-state index contributed by atoms with van der Waals surface area (Å²) in [5.41, 5.74) is 1.78. The van der Waals surface area contributed by atoms with Crippen LogP contribution in [0.5, 0.6) is 0 Å². The third kappa shape index (κ3) is 4.08. The zero-order chi connectivity index (χ0) is 14.5. The highest BCUT2D eigenvalue weighted by Crippen LogP contribution is 2.21. The molecule has 0 aliphatic carbocycles. The van der Waals surface area contributed by atoms with Crippen LogP contribution in [-0.2, 0) is 17.0 Å². The monoisotopic (exact) mass is 311 g/mol. The number of aromatic nitrogens is 2. The van der Waals surface area contributed by atoms with Crippen molar-refractivity contribution in [3.05, 3.63) is 27.8 Å². The summed E-state index contributed by atoms with van der Waals surface area (Å²) < 4.78 is 4.96. The molecular weight excluding hydrogens is 294 g/mol. The van der Waals surface area contributed by atoms with Crippen LogP contribution in [0.15, 0.2) is 16.0 Å². The summed E-state index contributed by atoms with van der Waals surface area (Å²) >= 11 is 3.22. The molecule has 0 bridgehead atoms. The first-order chi connectivity index (χ1) is 9.58. The van der Waals surface area contributed by atoms with Crippen molar-refractivity contribution in [3.8, 4) is 0 Å². The lowest BCUT2D eigenvalue weighted by molar-refractivity contribution is -0.115. The number of thiazole rings is 1. The number of nitrogens with one attached hydrogen (secondary N) is 1. The highest BCUT2D eigenvalue weighted by atomic mass is 32.2. The van der Waals surface area contributed by atoms with Gasteiger partial charge in [-0.1, -0.05) is 12.1 Å². The number of aryl methyl sites for hydroxylation is 2. The van der Waals surface area contributed by atoms with Crippen molar-refractivity contribution >= 4 is 34.9 Å². The fourth-order valence-electron chi connectivity index (χ4n) is 1.51. The predicted molar refractivity (Wildman–Crippen MR) is 82.1 cm³/mol. The Balaban J connectivity index is 1.81. The van der Waals surface area contributed by atoms with Gasteiger partial charge in [-0.25, -0.2) is 4.98 Å². The van der Waals surface area contributed by atoms with Crippen molar-refractivity contribution < 1.29 is 9.32 Å². The Labute approximate surface area is 126 Å². The van der Waals surface area contributed by atoms with E-state index in [1.54, 1.807) is 29.2 Å². The van der Waals surface area contributed by atoms with Crippen LogP contribution >= 0.6 is 23.1 Å². The minimum atomic E-state index is -0.174. The number of carbonyl (C=O) groups excluding carboxylic acids is 1. The lowest BCUT2D eigenvalue weighted by Gasteiger charge is -2.08. The quantitative estimate of drug-likeness (QED) is 0.887. The second kappa shape index (κ2) is 6.90. The average Bonchev–Trinajstić information content (AvgIpc) is 3.04. The van der Waals surface area contributed by atoms with Gasteiger partial charge in [0.25, 0.3) is 0 Å². The summed E-state index contributed by atoms with van der Waals surface area (Å²) in [5, 5.41) is 9.45. The molecule has 0 aliphatic rings. The first kappa shape index (κ1) is 15.1. The van der Waals surface area contributed by atoms with E-state index in [9.17, 15) is 4.79 Å². The Morgan fingerprint density at radius 2 is 2.40 bits per heavy atom. The van der Waals surface area contributed by atoms with Crippen LogP contribution < -0.4 is 5.32 Å². The van der Waals surface area contributed by atoms with Gasteiger partial charge in [0.15, 0.2) is 0 Å². The van der Waals surface area contributed by atoms with Crippen LogP contribution in [0.2, 0.25) is 0 Å². The lowest BCUT2D eigenvalue weighted by Crippen LogP contribution is -2.22. The van der Waals surface area contributed by atoms with Gasteiger partial charge in [-0.3, -0.25) is 10.1 Å². The summed E-state index contributed by atoms with van der Waals surface area (Å²) in [5.74, 6) is 1.04. The van der Waals surface area contributed by atoms with Crippen LogP contribution in [0.3, 0.4) is 0 Å². The molecular formula is C13H17N3O2S2. The van der Waals surface area contributed by atoms with Gasteiger partial charge in [-0.15, -0.1) is 23.1 Å². The van der Waals surface area contributed by atoms with Crippen molar-refractivity contribution in [2.45, 2.75) is 38.2 Å². The van der Waals surface area contributed by atoms with Crippen molar-refractivity contribution in [1.82, 2.24) is 10.1 Å². The van der Waals surface area contributed by atoms with Crippen LogP contribution in [0.25, 0.3) is 0 Å². The maximum atomic E-state index is 12.0. The standard InChI is InChI=1S/C13H17N3O2S2/c1-4-12-14-10(7-20-12)6-19-9(3)13(17)15-11-5-8(2)16-18-11/h5,7,9H,4,6H2,1-3H3,(H,15,17). The molecule has 108 valence electrons. The van der Waals surface area contributed by atoms with Crippen molar-refractivity contribution in [1.29, 1.82) is 0 Å². The number of amides is 1. The summed E-state index contributed by atoms with van der Waals surface area (Å²) in [4.78, 5) is 16.5. The molecule has 1 unspecified atom stereocenters. The second-order valence-corrected chi connectivity index (χ2v) is 6.63. The molecule has 7 heteroatoms. The van der Waals surface area contributed by atoms with E-state index >= 15 is 0 Å². The van der Waals surface area contributed by atoms with E-state index in [0.29, 0.717) is 5.88 Å². The van der Waals surface area contributed by atoms with Gasteiger partial charge >= 0.3 is 0 Å². The molecule has 0 aromatic carbocycles. The normalized spacial score (nSPS) is 12.3. The maximum Gasteiger partial charge on any atom is 0.239 e. The molecule has 2 heterocycles. The van der Waals surface area contributed by atoms with E-state index in [2.05, 4.69) is 27.8 Å². The summed E-state index contributed by atoms with van der Waals surface area (Å²) in [6.07, 6.45) is 0.955. The summed E-state index contributed by atoms with van der Waals surface area (Å²) in [7, 11) is 0. The van der Waals surface area contributed by atoms with Crippen LogP contribution in [0.4, 0.5) is 5.88 Å². The van der Waals surface area contributed by atoms with E-state index < -0.39 is 0 Å². The van der Waals surface area contributed by atoms with Crippen LogP contribution in [0, 0.1) is 6.92 Å². The van der Waals surface area contributed by atoms with Gasteiger partial charge < -0.3 is 4.52 Å². The number of anilines is 1. The molecule has 20 heavy (non-hydrogen) atoms. The van der Waals surface area contributed by atoms with Crippen LogP contribution in [-0.4, -0.2) is 21.3 Å². The van der Waals surface area contributed by atoms with Crippen LogP contribution in [0.1, 0.15) is 30.2 Å². The molecule has 5 nitrogen and oxygen atoms in total. The van der Waals surface area contributed by atoms with E-state index in [1.807, 2.05) is 13.8 Å². The minimum Gasteiger partial charge on any atom is -0.338 e. The molecule has 0 saturated carbocycles. The van der Waals surface area contributed by atoms with Crippen molar-refractivity contribution in [3.63, 3.8) is 0 Å². The molecule has 2 aromatic rings. The number of nitrogens with zero attached hydrogens (tertiary/aromatic N) is 2. The molecule has 1 atom stereocenters. The SMILES string of the molecule is CCc1nc(CSC(C)C(=O)Nc2cc(C)no2)cs1. The molecule has 0 fully saturated rings. The summed E-state index contributed by atoms with van der Waals surface area (Å²) in [6.45, 7) is 5.77. The van der Waals surface area contributed by atoms with Gasteiger partial charge in [0.2, 0.25) is 11.8 Å². The fourth-order valence-corrected chi connectivity index (χ4v) is 3.14. The molecule has 0 saturated heterocycles. The molecule has 0 aliphatic heterocycles. The number of rotatable bonds is 6. The fraction of sp³-hybridized carbons (Fsp3) is 0.462. The van der Waals surface area contributed by atoms with Gasteiger partial charge in [0.05, 0.1) is 21.6 Å². The van der Waals surface area contributed by atoms with Gasteiger partial charge in [-0.2, -0.15) is 0 Å². The molecule has 0 spiro atoms. The number of hydrogen-bond donors (Lipinski definition) is 1. The van der Waals surface area contributed by atoms with Gasteiger partial charge in [0.1, 0.15) is 0 Å². The van der Waals surface area contributed by atoms with E-state index in [4.69, 9.17) is 4.52 Å². The molecule has 0 radical (unpaired) electrons. The number of hydrogen-bond acceptors (Lipinski definition) is 6. The zero-order valence-electron chi connectivity index (χ0n) is 11.7. The summed E-state index contributed by atoms with van der Waals surface area (Å²) in [6, 6.07) is 1.70. The third-order valence-corrected chi connectivity index (χ3v) is 4.85. The molecule has 2 aromatic heterocycles. The highest BCUT2D eigenvalue weighted by Gasteiger charge is 2.16. The Hall–Kier alpha value is -1.34. The van der Waals surface area contributed by atoms with Crippen molar-refractivity contribution in [2.75, 3.05) is 5.32 Å². The van der Waals surface area contributed by atoms with E-state index in [1.165, 1.54) is 0 Å². The van der Waals surface area contributed by atoms with Gasteiger partial charge in [0, 0.05) is 17.2 Å². The maximum absolute atomic E-state index is 12.0. The average molecular weight is 311 g/mol.